The van der Waals surface area contributed by atoms with Gasteiger partial charge in [0.2, 0.25) is 10.0 Å². The summed E-state index contributed by atoms with van der Waals surface area (Å²) in [5, 5.41) is 9.40. The number of rotatable bonds is 6. The Morgan fingerprint density at radius 1 is 1.06 bits per heavy atom. The first-order chi connectivity index (χ1) is 15.2. The van der Waals surface area contributed by atoms with Crippen molar-refractivity contribution < 1.29 is 13.2 Å². The zero-order valence-electron chi connectivity index (χ0n) is 18.6. The molecule has 168 valence electrons. The number of aromatic nitrogens is 3. The SMILES string of the molecule is Cc1cccc(C)c1-n1c(S[C@H]2CCCC2=O)nnc1-c1cccc(S(=O)(=O)N(C)C)c1. The monoisotopic (exact) mass is 470 g/mol. The minimum atomic E-state index is -3.59. The van der Waals surface area contributed by atoms with Crippen LogP contribution in [0.3, 0.4) is 0 Å². The first kappa shape index (κ1) is 22.7. The van der Waals surface area contributed by atoms with E-state index in [1.54, 1.807) is 18.2 Å². The molecular weight excluding hydrogens is 444 g/mol. The van der Waals surface area contributed by atoms with Gasteiger partial charge in [-0.3, -0.25) is 9.36 Å². The normalized spacial score (nSPS) is 16.8. The first-order valence-electron chi connectivity index (χ1n) is 10.4. The molecule has 0 saturated heterocycles. The highest BCUT2D eigenvalue weighted by atomic mass is 32.2. The van der Waals surface area contributed by atoms with Crippen LogP contribution in [0.5, 0.6) is 0 Å². The third-order valence-corrected chi connectivity index (χ3v) is 8.73. The molecule has 1 heterocycles. The van der Waals surface area contributed by atoms with Crippen LogP contribution in [0.4, 0.5) is 0 Å². The van der Waals surface area contributed by atoms with Crippen LogP contribution < -0.4 is 0 Å². The fraction of sp³-hybridized carbons (Fsp3) is 0.348. The fourth-order valence-corrected chi connectivity index (χ4v) is 6.04. The number of benzene rings is 2. The highest BCUT2D eigenvalue weighted by molar-refractivity contribution is 8.00. The second kappa shape index (κ2) is 8.80. The summed E-state index contributed by atoms with van der Waals surface area (Å²) in [5.41, 5.74) is 3.68. The molecular formula is C23H26N4O3S2. The summed E-state index contributed by atoms with van der Waals surface area (Å²) in [6.45, 7) is 4.04. The molecule has 4 rings (SSSR count). The lowest BCUT2D eigenvalue weighted by Gasteiger charge is -2.17. The number of hydrogen-bond acceptors (Lipinski definition) is 6. The third-order valence-electron chi connectivity index (χ3n) is 5.66. The standard InChI is InChI=1S/C23H26N4O3S2/c1-15-8-5-9-16(2)21(15)27-22(24-25-23(27)31-20-13-7-12-19(20)28)17-10-6-11-18(14-17)32(29,30)26(3)4/h5-6,8-11,14,20H,7,12-13H2,1-4H3/t20-/m0/s1. The van der Waals surface area contributed by atoms with Crippen LogP contribution in [0.2, 0.25) is 0 Å². The number of hydrogen-bond donors (Lipinski definition) is 0. The van der Waals surface area contributed by atoms with Gasteiger partial charge in [0.25, 0.3) is 0 Å². The van der Waals surface area contributed by atoms with Gasteiger partial charge in [-0.05, 0) is 49.9 Å². The van der Waals surface area contributed by atoms with Crippen molar-refractivity contribution in [1.29, 1.82) is 0 Å². The van der Waals surface area contributed by atoms with Crippen molar-refractivity contribution in [3.8, 4) is 17.1 Å². The van der Waals surface area contributed by atoms with Crippen LogP contribution in [-0.4, -0.2) is 52.6 Å². The number of thioether (sulfide) groups is 1. The van der Waals surface area contributed by atoms with Crippen LogP contribution in [0.1, 0.15) is 30.4 Å². The van der Waals surface area contributed by atoms with Gasteiger partial charge in [-0.1, -0.05) is 42.1 Å². The minimum Gasteiger partial charge on any atom is -0.298 e. The van der Waals surface area contributed by atoms with E-state index < -0.39 is 10.0 Å². The molecule has 3 aromatic rings. The summed E-state index contributed by atoms with van der Waals surface area (Å²) < 4.78 is 28.5. The number of carbonyl (C=O) groups excluding carboxylic acids is 1. The molecule has 2 aromatic carbocycles. The second-order valence-electron chi connectivity index (χ2n) is 8.16. The molecule has 32 heavy (non-hydrogen) atoms. The number of aryl methyl sites for hydroxylation is 2. The smallest absolute Gasteiger partial charge is 0.242 e. The Balaban J connectivity index is 1.90. The Labute approximate surface area is 192 Å². The third kappa shape index (κ3) is 4.12. The lowest BCUT2D eigenvalue weighted by molar-refractivity contribution is -0.116. The van der Waals surface area contributed by atoms with E-state index in [1.165, 1.54) is 30.2 Å². The molecule has 1 aliphatic rings. The Morgan fingerprint density at radius 2 is 1.75 bits per heavy atom. The number of sulfonamides is 1. The maximum absolute atomic E-state index is 12.7. The molecule has 0 spiro atoms. The van der Waals surface area contributed by atoms with E-state index in [-0.39, 0.29) is 15.9 Å². The molecule has 1 fully saturated rings. The highest BCUT2D eigenvalue weighted by Crippen LogP contribution is 2.37. The van der Waals surface area contributed by atoms with Gasteiger partial charge in [0, 0.05) is 26.1 Å². The van der Waals surface area contributed by atoms with Crippen LogP contribution in [0.15, 0.2) is 52.5 Å². The van der Waals surface area contributed by atoms with Crippen LogP contribution >= 0.6 is 11.8 Å². The molecule has 7 nitrogen and oxygen atoms in total. The minimum absolute atomic E-state index is 0.129. The Morgan fingerprint density at radius 3 is 2.38 bits per heavy atom. The van der Waals surface area contributed by atoms with E-state index in [2.05, 4.69) is 10.2 Å². The van der Waals surface area contributed by atoms with Crippen molar-refractivity contribution in [3.05, 3.63) is 53.6 Å². The van der Waals surface area contributed by atoms with Crippen LogP contribution in [-0.2, 0) is 14.8 Å². The van der Waals surface area contributed by atoms with E-state index in [0.717, 1.165) is 29.7 Å². The van der Waals surface area contributed by atoms with Crippen molar-refractivity contribution >= 4 is 27.6 Å². The average Bonchev–Trinajstić information content (AvgIpc) is 3.35. The van der Waals surface area contributed by atoms with Crippen molar-refractivity contribution in [2.45, 2.75) is 48.4 Å². The van der Waals surface area contributed by atoms with Gasteiger partial charge >= 0.3 is 0 Å². The number of nitrogens with zero attached hydrogens (tertiary/aromatic N) is 4. The van der Waals surface area contributed by atoms with Gasteiger partial charge in [0.15, 0.2) is 11.0 Å². The van der Waals surface area contributed by atoms with Gasteiger partial charge in [0.05, 0.1) is 15.8 Å². The van der Waals surface area contributed by atoms with Crippen LogP contribution in [0, 0.1) is 13.8 Å². The van der Waals surface area contributed by atoms with E-state index in [0.29, 0.717) is 23.0 Å². The summed E-state index contributed by atoms with van der Waals surface area (Å²) in [4.78, 5) is 12.5. The molecule has 0 amide bonds. The first-order valence-corrected chi connectivity index (χ1v) is 12.8. The number of para-hydroxylation sites is 1. The molecule has 0 bridgehead atoms. The van der Waals surface area contributed by atoms with E-state index in [1.807, 2.05) is 42.7 Å². The average molecular weight is 471 g/mol. The quantitative estimate of drug-likeness (QED) is 0.541. The molecule has 9 heteroatoms. The van der Waals surface area contributed by atoms with Gasteiger partial charge in [-0.25, -0.2) is 12.7 Å². The predicted octanol–water partition coefficient (Wildman–Crippen LogP) is 4.02. The molecule has 1 aromatic heterocycles. The predicted molar refractivity (Wildman–Crippen MR) is 126 cm³/mol. The molecule has 0 aliphatic heterocycles. The summed E-state index contributed by atoms with van der Waals surface area (Å²) in [7, 11) is -0.577. The highest BCUT2D eigenvalue weighted by Gasteiger charge is 2.29. The molecule has 1 aliphatic carbocycles. The Bertz CT molecular complexity index is 1260. The topological polar surface area (TPSA) is 85.2 Å². The maximum Gasteiger partial charge on any atom is 0.242 e. The van der Waals surface area contributed by atoms with Gasteiger partial charge < -0.3 is 0 Å². The van der Waals surface area contributed by atoms with E-state index in [4.69, 9.17) is 0 Å². The molecule has 1 atom stereocenters. The van der Waals surface area contributed by atoms with Crippen molar-refractivity contribution in [2.24, 2.45) is 0 Å². The van der Waals surface area contributed by atoms with Gasteiger partial charge in [-0.2, -0.15) is 0 Å². The van der Waals surface area contributed by atoms with E-state index >= 15 is 0 Å². The summed E-state index contributed by atoms with van der Waals surface area (Å²) in [6.07, 6.45) is 2.33. The lowest BCUT2D eigenvalue weighted by Crippen LogP contribution is -2.22. The number of Topliss-reactive ketones (excluding diaryl/α,β-unsaturated/α-hetero) is 1. The molecule has 0 N–H and O–H groups in total. The lowest BCUT2D eigenvalue weighted by atomic mass is 10.1. The molecule has 1 saturated carbocycles. The van der Waals surface area contributed by atoms with Gasteiger partial charge in [0.1, 0.15) is 5.78 Å². The largest absolute Gasteiger partial charge is 0.298 e. The number of carbonyl (C=O) groups is 1. The van der Waals surface area contributed by atoms with Crippen molar-refractivity contribution in [3.63, 3.8) is 0 Å². The van der Waals surface area contributed by atoms with Crippen molar-refractivity contribution in [1.82, 2.24) is 19.1 Å². The zero-order chi connectivity index (χ0) is 23.0. The Kier molecular flexibility index (Phi) is 6.24. The number of ketones is 1. The fourth-order valence-electron chi connectivity index (χ4n) is 3.94. The van der Waals surface area contributed by atoms with Gasteiger partial charge in [-0.15, -0.1) is 10.2 Å². The second-order valence-corrected chi connectivity index (χ2v) is 11.5. The molecule has 0 unspecified atom stereocenters. The Hall–Kier alpha value is -2.49. The summed E-state index contributed by atoms with van der Waals surface area (Å²) in [5.74, 6) is 0.790. The summed E-state index contributed by atoms with van der Waals surface area (Å²) in [6, 6.07) is 12.8. The van der Waals surface area contributed by atoms with E-state index in [9.17, 15) is 13.2 Å². The van der Waals surface area contributed by atoms with Crippen LogP contribution in [0.25, 0.3) is 17.1 Å². The summed E-state index contributed by atoms with van der Waals surface area (Å²) >= 11 is 1.44. The maximum atomic E-state index is 12.7. The van der Waals surface area contributed by atoms with Crippen molar-refractivity contribution in [2.75, 3.05) is 14.1 Å². The molecule has 0 radical (unpaired) electrons. The zero-order valence-corrected chi connectivity index (χ0v) is 20.2.